The lowest BCUT2D eigenvalue weighted by atomic mass is 10.1. The summed E-state index contributed by atoms with van der Waals surface area (Å²) in [6.45, 7) is 5.95. The Kier molecular flexibility index (Phi) is 2.83. The largest absolute Gasteiger partial charge is 0.390 e. The van der Waals surface area contributed by atoms with Gasteiger partial charge in [-0.3, -0.25) is 0 Å². The van der Waals surface area contributed by atoms with E-state index < -0.39 is 12.2 Å². The maximum Gasteiger partial charge on any atom is 0.144 e. The number of hydrogen-bond donors (Lipinski definition) is 2. The molecule has 0 aromatic carbocycles. The summed E-state index contributed by atoms with van der Waals surface area (Å²) in [5, 5.41) is 21.2. The lowest BCUT2D eigenvalue weighted by molar-refractivity contribution is 0.00970. The number of hydrogen-bond acceptors (Lipinski definition) is 4. The Labute approximate surface area is 111 Å². The molecular weight excluding hydrogens is 242 g/mol. The molecule has 2 unspecified atom stereocenters. The second-order valence-electron chi connectivity index (χ2n) is 5.64. The van der Waals surface area contributed by atoms with E-state index in [1.807, 2.05) is 31.5 Å². The second kappa shape index (κ2) is 4.28. The van der Waals surface area contributed by atoms with E-state index in [-0.39, 0.29) is 12.0 Å². The monoisotopic (exact) mass is 261 g/mol. The van der Waals surface area contributed by atoms with Crippen molar-refractivity contribution in [3.05, 3.63) is 23.8 Å². The minimum absolute atomic E-state index is 0.0979. The van der Waals surface area contributed by atoms with Gasteiger partial charge in [0.15, 0.2) is 0 Å². The molecule has 102 valence electrons. The zero-order valence-electron chi connectivity index (χ0n) is 11.4. The minimum atomic E-state index is -0.736. The van der Waals surface area contributed by atoms with Crippen molar-refractivity contribution in [1.82, 2.24) is 14.5 Å². The van der Waals surface area contributed by atoms with Crippen molar-refractivity contribution < 1.29 is 10.2 Å². The molecular formula is C14H19N3O2. The van der Waals surface area contributed by atoms with E-state index in [0.717, 1.165) is 28.7 Å². The summed E-state index contributed by atoms with van der Waals surface area (Å²) in [5.74, 6) is 0.0979. The molecule has 4 atom stereocenters. The summed E-state index contributed by atoms with van der Waals surface area (Å²) in [7, 11) is 0. The normalized spacial score (nSPS) is 31.2. The summed E-state index contributed by atoms with van der Waals surface area (Å²) < 4.78 is 2.00. The van der Waals surface area contributed by atoms with Crippen LogP contribution in [0.1, 0.15) is 30.6 Å². The smallest absolute Gasteiger partial charge is 0.144 e. The average molecular weight is 261 g/mol. The summed E-state index contributed by atoms with van der Waals surface area (Å²) in [4.78, 5) is 8.57. The van der Waals surface area contributed by atoms with Crippen molar-refractivity contribution in [1.29, 1.82) is 0 Å². The maximum atomic E-state index is 10.2. The molecule has 1 aliphatic carbocycles. The van der Waals surface area contributed by atoms with Crippen LogP contribution in [0.5, 0.6) is 0 Å². The second-order valence-corrected chi connectivity index (χ2v) is 5.64. The number of aliphatic hydroxyl groups excluding tert-OH is 2. The zero-order valence-corrected chi connectivity index (χ0v) is 11.4. The van der Waals surface area contributed by atoms with E-state index in [0.29, 0.717) is 0 Å². The first kappa shape index (κ1) is 12.6. The zero-order chi connectivity index (χ0) is 13.7. The van der Waals surface area contributed by atoms with Crippen LogP contribution in [-0.4, -0.2) is 37.0 Å². The summed E-state index contributed by atoms with van der Waals surface area (Å²) >= 11 is 0. The third-order valence-electron chi connectivity index (χ3n) is 4.29. The number of nitrogens with zero attached hydrogens (tertiary/aromatic N) is 3. The number of fused-ring (bicyclic) bond motifs is 1. The fourth-order valence-electron chi connectivity index (χ4n) is 3.21. The van der Waals surface area contributed by atoms with Gasteiger partial charge in [-0.1, -0.05) is 6.92 Å². The van der Waals surface area contributed by atoms with E-state index in [9.17, 15) is 10.2 Å². The highest BCUT2D eigenvalue weighted by Crippen LogP contribution is 2.37. The van der Waals surface area contributed by atoms with E-state index >= 15 is 0 Å². The third-order valence-corrected chi connectivity index (χ3v) is 4.29. The molecule has 0 aliphatic heterocycles. The lowest BCUT2D eigenvalue weighted by Gasteiger charge is -2.18. The highest BCUT2D eigenvalue weighted by atomic mass is 16.3. The van der Waals surface area contributed by atoms with Gasteiger partial charge in [0, 0.05) is 11.6 Å². The van der Waals surface area contributed by atoms with E-state index in [2.05, 4.69) is 9.97 Å². The van der Waals surface area contributed by atoms with Gasteiger partial charge in [0.1, 0.15) is 18.1 Å². The highest BCUT2D eigenvalue weighted by Gasteiger charge is 2.40. The molecule has 2 heterocycles. The molecule has 1 saturated carbocycles. The van der Waals surface area contributed by atoms with Gasteiger partial charge in [-0.2, -0.15) is 0 Å². The first-order valence-electron chi connectivity index (χ1n) is 6.65. The lowest BCUT2D eigenvalue weighted by Crippen LogP contribution is -2.28. The minimum Gasteiger partial charge on any atom is -0.390 e. The Hall–Kier alpha value is -1.46. The molecule has 0 spiro atoms. The Bertz CT molecular complexity index is 622. The highest BCUT2D eigenvalue weighted by molar-refractivity contribution is 5.82. The van der Waals surface area contributed by atoms with Gasteiger partial charge in [0.05, 0.1) is 17.8 Å². The molecule has 3 rings (SSSR count). The topological polar surface area (TPSA) is 71.2 Å². The van der Waals surface area contributed by atoms with Gasteiger partial charge < -0.3 is 14.8 Å². The Morgan fingerprint density at radius 3 is 2.58 bits per heavy atom. The molecule has 0 radical (unpaired) electrons. The molecule has 2 N–H and O–H groups in total. The Morgan fingerprint density at radius 2 is 1.95 bits per heavy atom. The Balaban J connectivity index is 2.14. The van der Waals surface area contributed by atoms with Gasteiger partial charge in [0.25, 0.3) is 0 Å². The number of aromatic nitrogens is 3. The van der Waals surface area contributed by atoms with Gasteiger partial charge in [-0.05, 0) is 31.7 Å². The molecule has 1 aliphatic rings. The van der Waals surface area contributed by atoms with Crippen LogP contribution in [0.2, 0.25) is 0 Å². The summed E-state index contributed by atoms with van der Waals surface area (Å²) in [6, 6.07) is -0.115. The predicted octanol–water partition coefficient (Wildman–Crippen LogP) is 1.35. The molecule has 0 amide bonds. The van der Waals surface area contributed by atoms with Crippen molar-refractivity contribution in [2.45, 2.75) is 45.4 Å². The number of aliphatic hydroxyl groups is 2. The summed E-state index contributed by atoms with van der Waals surface area (Å²) in [5.41, 5.74) is 2.90. The number of aryl methyl sites for hydroxylation is 2. The fourth-order valence-corrected chi connectivity index (χ4v) is 3.21. The van der Waals surface area contributed by atoms with Crippen molar-refractivity contribution in [2.24, 2.45) is 5.92 Å². The standard InChI is InChI=1S/C14H19N3O2/c1-7-4-10(13(19)12(7)18)17-5-8(2)11-9(3)15-6-16-14(11)17/h5-7,10,12-13,18-19H,4H2,1-3H3/t7-,10+,12?,13?/m0/s1. The van der Waals surface area contributed by atoms with Crippen LogP contribution in [0.3, 0.4) is 0 Å². The average Bonchev–Trinajstić information content (AvgIpc) is 2.83. The molecule has 0 bridgehead atoms. The molecule has 2 aromatic rings. The van der Waals surface area contributed by atoms with Crippen LogP contribution in [0, 0.1) is 19.8 Å². The van der Waals surface area contributed by atoms with Crippen LogP contribution in [-0.2, 0) is 0 Å². The van der Waals surface area contributed by atoms with E-state index in [1.165, 1.54) is 0 Å². The van der Waals surface area contributed by atoms with Crippen molar-refractivity contribution in [2.75, 3.05) is 0 Å². The first-order chi connectivity index (χ1) is 9.00. The third kappa shape index (κ3) is 1.76. The molecule has 5 heteroatoms. The van der Waals surface area contributed by atoms with Crippen molar-refractivity contribution >= 4 is 11.0 Å². The van der Waals surface area contributed by atoms with Crippen LogP contribution >= 0.6 is 0 Å². The predicted molar refractivity (Wildman–Crippen MR) is 71.8 cm³/mol. The molecule has 19 heavy (non-hydrogen) atoms. The van der Waals surface area contributed by atoms with Crippen LogP contribution < -0.4 is 0 Å². The SMILES string of the molecule is Cc1cn([C@@H]2C[C@H](C)C(O)C2O)c2ncnc(C)c12. The van der Waals surface area contributed by atoms with Crippen LogP contribution in [0.4, 0.5) is 0 Å². The number of rotatable bonds is 1. The van der Waals surface area contributed by atoms with E-state index in [1.54, 1.807) is 6.33 Å². The van der Waals surface area contributed by atoms with Crippen LogP contribution in [0.25, 0.3) is 11.0 Å². The van der Waals surface area contributed by atoms with E-state index in [4.69, 9.17) is 0 Å². The van der Waals surface area contributed by atoms with Gasteiger partial charge in [-0.15, -0.1) is 0 Å². The molecule has 5 nitrogen and oxygen atoms in total. The van der Waals surface area contributed by atoms with Gasteiger partial charge in [-0.25, -0.2) is 9.97 Å². The Morgan fingerprint density at radius 1 is 1.21 bits per heavy atom. The molecule has 1 fully saturated rings. The fraction of sp³-hybridized carbons (Fsp3) is 0.571. The maximum absolute atomic E-state index is 10.2. The van der Waals surface area contributed by atoms with Gasteiger partial charge in [0.2, 0.25) is 0 Å². The van der Waals surface area contributed by atoms with Gasteiger partial charge >= 0.3 is 0 Å². The van der Waals surface area contributed by atoms with Crippen molar-refractivity contribution in [3.63, 3.8) is 0 Å². The first-order valence-corrected chi connectivity index (χ1v) is 6.65. The quantitative estimate of drug-likeness (QED) is 0.813. The van der Waals surface area contributed by atoms with Crippen molar-refractivity contribution in [3.8, 4) is 0 Å². The summed E-state index contributed by atoms with van der Waals surface area (Å²) in [6.07, 6.45) is 2.92. The molecule has 0 saturated heterocycles. The van der Waals surface area contributed by atoms with Crippen LogP contribution in [0.15, 0.2) is 12.5 Å². The molecule has 2 aromatic heterocycles.